The van der Waals surface area contributed by atoms with Gasteiger partial charge in [0, 0.05) is 11.7 Å². The quantitative estimate of drug-likeness (QED) is 0.903. The summed E-state index contributed by atoms with van der Waals surface area (Å²) in [6, 6.07) is 1.47. The average Bonchev–Trinajstić information content (AvgIpc) is 2.19. The van der Waals surface area contributed by atoms with E-state index in [9.17, 15) is 17.2 Å². The molecule has 0 fully saturated rings. The molecule has 1 aromatic rings. The van der Waals surface area contributed by atoms with Crippen molar-refractivity contribution in [1.29, 1.82) is 0 Å². The summed E-state index contributed by atoms with van der Waals surface area (Å²) in [4.78, 5) is -0.674. The molecule has 17 heavy (non-hydrogen) atoms. The van der Waals surface area contributed by atoms with Gasteiger partial charge in [0.05, 0.1) is 6.61 Å². The van der Waals surface area contributed by atoms with E-state index in [1.165, 1.54) is 13.8 Å². The lowest BCUT2D eigenvalue weighted by Crippen LogP contribution is -2.24. The fraction of sp³-hybridized carbons (Fsp3) is 0.455. The number of rotatable bonds is 3. The molecule has 1 rings (SSSR count). The van der Waals surface area contributed by atoms with E-state index in [0.29, 0.717) is 6.07 Å². The molecule has 0 heterocycles. The van der Waals surface area contributed by atoms with Crippen LogP contribution >= 0.6 is 0 Å². The topological polar surface area (TPSA) is 54.4 Å². The Hall–Kier alpha value is -1.01. The van der Waals surface area contributed by atoms with Gasteiger partial charge in [-0.15, -0.1) is 0 Å². The molecular weight excluding hydrogens is 250 g/mol. The Labute approximate surface area is 99.0 Å². The number of aliphatic hydroxyl groups is 1. The van der Waals surface area contributed by atoms with Gasteiger partial charge in [0.15, 0.2) is 9.84 Å². The van der Waals surface area contributed by atoms with Crippen LogP contribution < -0.4 is 0 Å². The molecule has 6 heteroatoms. The van der Waals surface area contributed by atoms with Crippen molar-refractivity contribution in [3.63, 3.8) is 0 Å². The van der Waals surface area contributed by atoms with Crippen LogP contribution in [0.2, 0.25) is 0 Å². The van der Waals surface area contributed by atoms with Gasteiger partial charge >= 0.3 is 0 Å². The third-order valence-electron chi connectivity index (χ3n) is 2.55. The molecule has 0 aliphatic heterocycles. The Balaban J connectivity index is 3.49. The maximum atomic E-state index is 13.7. The van der Waals surface area contributed by atoms with Crippen LogP contribution in [0.25, 0.3) is 0 Å². The van der Waals surface area contributed by atoms with Crippen LogP contribution in [0, 0.1) is 11.6 Å². The first-order valence-corrected chi connectivity index (χ1v) is 6.79. The van der Waals surface area contributed by atoms with E-state index in [1.807, 2.05) is 0 Å². The number of halogens is 2. The van der Waals surface area contributed by atoms with Crippen molar-refractivity contribution >= 4 is 9.84 Å². The van der Waals surface area contributed by atoms with E-state index < -0.39 is 31.8 Å². The summed E-state index contributed by atoms with van der Waals surface area (Å²) in [6.07, 6.45) is 0.807. The Kier molecular flexibility index (Phi) is 3.59. The predicted molar refractivity (Wildman–Crippen MR) is 59.6 cm³/mol. The molecule has 1 N–H and O–H groups in total. The van der Waals surface area contributed by atoms with E-state index in [0.717, 1.165) is 12.3 Å². The molecular formula is C11H14F2O3S. The van der Waals surface area contributed by atoms with Gasteiger partial charge in [0.2, 0.25) is 0 Å². The van der Waals surface area contributed by atoms with Crippen molar-refractivity contribution in [1.82, 2.24) is 0 Å². The zero-order valence-corrected chi connectivity index (χ0v) is 10.6. The van der Waals surface area contributed by atoms with Crippen molar-refractivity contribution < 1.29 is 22.3 Å². The van der Waals surface area contributed by atoms with Crippen LogP contribution in [0.1, 0.15) is 19.4 Å². The molecule has 0 bridgehead atoms. The Morgan fingerprint density at radius 3 is 2.18 bits per heavy atom. The summed E-state index contributed by atoms with van der Waals surface area (Å²) in [7, 11) is -3.80. The van der Waals surface area contributed by atoms with Crippen molar-refractivity contribution in [2.75, 3.05) is 12.9 Å². The summed E-state index contributed by atoms with van der Waals surface area (Å²) >= 11 is 0. The largest absolute Gasteiger partial charge is 0.395 e. The SMILES string of the molecule is CC(C)(CO)c1cc(F)c(S(C)(=O)=O)cc1F. The van der Waals surface area contributed by atoms with Crippen molar-refractivity contribution in [2.45, 2.75) is 24.2 Å². The fourth-order valence-electron chi connectivity index (χ4n) is 1.42. The van der Waals surface area contributed by atoms with Gasteiger partial charge in [-0.05, 0) is 17.7 Å². The highest BCUT2D eigenvalue weighted by atomic mass is 32.2. The summed E-state index contributed by atoms with van der Waals surface area (Å²) in [5, 5.41) is 9.08. The van der Waals surface area contributed by atoms with Gasteiger partial charge < -0.3 is 5.11 Å². The van der Waals surface area contributed by atoms with Crippen molar-refractivity contribution in [2.24, 2.45) is 0 Å². The van der Waals surface area contributed by atoms with Gasteiger partial charge in [-0.2, -0.15) is 0 Å². The number of aliphatic hydroxyl groups excluding tert-OH is 1. The summed E-state index contributed by atoms with van der Waals surface area (Å²) in [6.45, 7) is 2.69. The van der Waals surface area contributed by atoms with Gasteiger partial charge in [0.25, 0.3) is 0 Å². The first kappa shape index (κ1) is 14.1. The van der Waals surface area contributed by atoms with Gasteiger partial charge in [0.1, 0.15) is 16.5 Å². The van der Waals surface area contributed by atoms with Crippen LogP contribution in [-0.4, -0.2) is 26.4 Å². The minimum absolute atomic E-state index is 0.0510. The standard InChI is InChI=1S/C11H14F2O3S/c1-11(2,6-14)7-4-9(13)10(5-8(7)12)17(3,15)16/h4-5,14H,6H2,1-3H3. The maximum absolute atomic E-state index is 13.7. The second-order valence-electron chi connectivity index (χ2n) is 4.58. The van der Waals surface area contributed by atoms with E-state index in [1.54, 1.807) is 0 Å². The molecule has 0 amide bonds. The number of hydrogen-bond acceptors (Lipinski definition) is 3. The first-order valence-electron chi connectivity index (χ1n) is 4.90. The summed E-state index contributed by atoms with van der Waals surface area (Å²) in [5.74, 6) is -1.85. The third kappa shape index (κ3) is 2.81. The second kappa shape index (κ2) is 4.34. The lowest BCUT2D eigenvalue weighted by atomic mass is 9.85. The summed E-state index contributed by atoms with van der Waals surface area (Å²) < 4.78 is 49.6. The maximum Gasteiger partial charge on any atom is 0.178 e. The molecule has 0 spiro atoms. The number of hydrogen-bond donors (Lipinski definition) is 1. The van der Waals surface area contributed by atoms with E-state index in [2.05, 4.69) is 0 Å². The Bertz CT molecular complexity index is 536. The lowest BCUT2D eigenvalue weighted by Gasteiger charge is -2.23. The molecule has 0 atom stereocenters. The van der Waals surface area contributed by atoms with Gasteiger partial charge in [-0.3, -0.25) is 0 Å². The predicted octanol–water partition coefficient (Wildman–Crippen LogP) is 1.64. The van der Waals surface area contributed by atoms with Crippen molar-refractivity contribution in [3.05, 3.63) is 29.3 Å². The fourth-order valence-corrected chi connectivity index (χ4v) is 2.15. The van der Waals surface area contributed by atoms with Crippen LogP contribution in [0.15, 0.2) is 17.0 Å². The highest BCUT2D eigenvalue weighted by molar-refractivity contribution is 7.90. The molecule has 1 aromatic carbocycles. The lowest BCUT2D eigenvalue weighted by molar-refractivity contribution is 0.214. The molecule has 0 aromatic heterocycles. The normalized spacial score (nSPS) is 12.8. The van der Waals surface area contributed by atoms with Crippen LogP contribution in [0.5, 0.6) is 0 Å². The minimum Gasteiger partial charge on any atom is -0.395 e. The number of benzene rings is 1. The molecule has 0 aliphatic rings. The molecule has 3 nitrogen and oxygen atoms in total. The zero-order valence-electron chi connectivity index (χ0n) is 9.79. The second-order valence-corrected chi connectivity index (χ2v) is 6.56. The van der Waals surface area contributed by atoms with E-state index >= 15 is 0 Å². The Morgan fingerprint density at radius 1 is 1.24 bits per heavy atom. The smallest absolute Gasteiger partial charge is 0.178 e. The first-order chi connectivity index (χ1) is 7.59. The highest BCUT2D eigenvalue weighted by Gasteiger charge is 2.27. The molecule has 0 radical (unpaired) electrons. The zero-order chi connectivity index (χ0) is 13.4. The molecule has 96 valence electrons. The third-order valence-corrected chi connectivity index (χ3v) is 3.66. The number of sulfone groups is 1. The van der Waals surface area contributed by atoms with E-state index in [-0.39, 0.29) is 12.2 Å². The molecule has 0 saturated carbocycles. The minimum atomic E-state index is -3.80. The van der Waals surface area contributed by atoms with Gasteiger partial charge in [-0.25, -0.2) is 17.2 Å². The van der Waals surface area contributed by atoms with Crippen molar-refractivity contribution in [3.8, 4) is 0 Å². The average molecular weight is 264 g/mol. The van der Waals surface area contributed by atoms with Crippen LogP contribution in [0.3, 0.4) is 0 Å². The van der Waals surface area contributed by atoms with Crippen LogP contribution in [-0.2, 0) is 15.3 Å². The molecule has 0 aliphatic carbocycles. The van der Waals surface area contributed by atoms with Crippen LogP contribution in [0.4, 0.5) is 8.78 Å². The summed E-state index contributed by atoms with van der Waals surface area (Å²) in [5.41, 5.74) is -1.02. The Morgan fingerprint density at radius 2 is 1.76 bits per heavy atom. The highest BCUT2D eigenvalue weighted by Crippen LogP contribution is 2.28. The van der Waals surface area contributed by atoms with E-state index in [4.69, 9.17) is 5.11 Å². The molecule has 0 saturated heterocycles. The monoisotopic (exact) mass is 264 g/mol. The molecule has 0 unspecified atom stereocenters. The van der Waals surface area contributed by atoms with Gasteiger partial charge in [-0.1, -0.05) is 13.8 Å².